The Morgan fingerprint density at radius 1 is 1.32 bits per heavy atom. The molecule has 1 aromatic carbocycles. The fraction of sp³-hybridized carbons (Fsp3) is 0.308. The number of halogens is 3. The number of alkyl halides is 3. The molecule has 0 aliphatic heterocycles. The SMILES string of the molecule is CCn1cc(CNc2cccc(C(F)(F)F)c2)cn1. The van der Waals surface area contributed by atoms with Crippen LogP contribution in [0.3, 0.4) is 0 Å². The summed E-state index contributed by atoms with van der Waals surface area (Å²) in [6, 6.07) is 5.16. The van der Waals surface area contributed by atoms with Gasteiger partial charge in [0.1, 0.15) is 0 Å². The third-order valence-corrected chi connectivity index (χ3v) is 2.70. The first kappa shape index (κ1) is 13.5. The molecule has 0 radical (unpaired) electrons. The van der Waals surface area contributed by atoms with Gasteiger partial charge < -0.3 is 5.32 Å². The quantitative estimate of drug-likeness (QED) is 0.920. The Balaban J connectivity index is 2.03. The van der Waals surface area contributed by atoms with Crippen molar-refractivity contribution in [1.82, 2.24) is 9.78 Å². The summed E-state index contributed by atoms with van der Waals surface area (Å²) in [6.45, 7) is 3.18. The Morgan fingerprint density at radius 3 is 2.74 bits per heavy atom. The van der Waals surface area contributed by atoms with Gasteiger partial charge in [0, 0.05) is 30.5 Å². The van der Waals surface area contributed by atoms with Crippen molar-refractivity contribution in [2.75, 3.05) is 5.32 Å². The lowest BCUT2D eigenvalue weighted by Gasteiger charge is -2.09. The molecule has 2 aromatic rings. The third-order valence-electron chi connectivity index (χ3n) is 2.70. The largest absolute Gasteiger partial charge is 0.416 e. The summed E-state index contributed by atoms with van der Waals surface area (Å²) in [5, 5.41) is 7.06. The minimum Gasteiger partial charge on any atom is -0.381 e. The molecule has 1 heterocycles. The molecular formula is C13H14F3N3. The molecule has 1 aromatic heterocycles. The molecule has 0 bridgehead atoms. The summed E-state index contributed by atoms with van der Waals surface area (Å²) in [6.07, 6.45) is -0.754. The lowest BCUT2D eigenvalue weighted by Crippen LogP contribution is -2.06. The Kier molecular flexibility index (Phi) is 3.78. The van der Waals surface area contributed by atoms with Gasteiger partial charge in [0.05, 0.1) is 11.8 Å². The lowest BCUT2D eigenvalue weighted by molar-refractivity contribution is -0.137. The van der Waals surface area contributed by atoms with E-state index in [1.807, 2.05) is 13.1 Å². The molecule has 0 aliphatic carbocycles. The van der Waals surface area contributed by atoms with Gasteiger partial charge in [-0.3, -0.25) is 4.68 Å². The van der Waals surface area contributed by atoms with Crippen LogP contribution >= 0.6 is 0 Å². The van der Waals surface area contributed by atoms with Gasteiger partial charge in [-0.05, 0) is 25.1 Å². The Morgan fingerprint density at radius 2 is 2.11 bits per heavy atom. The summed E-state index contributed by atoms with van der Waals surface area (Å²) in [5.41, 5.74) is 0.722. The summed E-state index contributed by atoms with van der Waals surface area (Å²) >= 11 is 0. The highest BCUT2D eigenvalue weighted by Crippen LogP contribution is 2.30. The molecule has 6 heteroatoms. The van der Waals surface area contributed by atoms with Crippen molar-refractivity contribution < 1.29 is 13.2 Å². The summed E-state index contributed by atoms with van der Waals surface area (Å²) in [5.74, 6) is 0. The molecule has 0 fully saturated rings. The second kappa shape index (κ2) is 5.34. The predicted octanol–water partition coefficient (Wildman–Crippen LogP) is 3.53. The molecule has 19 heavy (non-hydrogen) atoms. The molecule has 0 saturated heterocycles. The Hall–Kier alpha value is -1.98. The number of benzene rings is 1. The van der Waals surface area contributed by atoms with Crippen LogP contribution in [0.1, 0.15) is 18.1 Å². The molecule has 2 rings (SSSR count). The van der Waals surface area contributed by atoms with Crippen LogP contribution in [0, 0.1) is 0 Å². The zero-order chi connectivity index (χ0) is 13.9. The van der Waals surface area contributed by atoms with E-state index in [2.05, 4.69) is 10.4 Å². The van der Waals surface area contributed by atoms with Crippen LogP contribution in [0.15, 0.2) is 36.7 Å². The van der Waals surface area contributed by atoms with E-state index in [0.29, 0.717) is 12.2 Å². The topological polar surface area (TPSA) is 29.9 Å². The van der Waals surface area contributed by atoms with Crippen LogP contribution in [0.25, 0.3) is 0 Å². The van der Waals surface area contributed by atoms with E-state index in [-0.39, 0.29) is 0 Å². The highest BCUT2D eigenvalue weighted by molar-refractivity contribution is 5.46. The first-order valence-corrected chi connectivity index (χ1v) is 5.91. The van der Waals surface area contributed by atoms with Crippen LogP contribution in [-0.2, 0) is 19.3 Å². The summed E-state index contributed by atoms with van der Waals surface area (Å²) < 4.78 is 39.4. The van der Waals surface area contributed by atoms with Crippen LogP contribution in [0.2, 0.25) is 0 Å². The van der Waals surface area contributed by atoms with E-state index in [1.54, 1.807) is 16.9 Å². The monoisotopic (exact) mass is 269 g/mol. The first-order chi connectivity index (χ1) is 8.99. The Labute approximate surface area is 109 Å². The highest BCUT2D eigenvalue weighted by Gasteiger charge is 2.30. The van der Waals surface area contributed by atoms with Crippen molar-refractivity contribution in [3.8, 4) is 0 Å². The van der Waals surface area contributed by atoms with Gasteiger partial charge in [0.15, 0.2) is 0 Å². The molecule has 1 N–H and O–H groups in total. The van der Waals surface area contributed by atoms with Crippen LogP contribution < -0.4 is 5.32 Å². The number of nitrogens with zero attached hydrogens (tertiary/aromatic N) is 2. The average molecular weight is 269 g/mol. The number of nitrogens with one attached hydrogen (secondary N) is 1. The zero-order valence-electron chi connectivity index (χ0n) is 10.4. The van der Waals surface area contributed by atoms with Crippen molar-refractivity contribution >= 4 is 5.69 Å². The maximum absolute atomic E-state index is 12.5. The van der Waals surface area contributed by atoms with Gasteiger partial charge in [-0.1, -0.05) is 6.07 Å². The van der Waals surface area contributed by atoms with Gasteiger partial charge in [0.25, 0.3) is 0 Å². The van der Waals surface area contributed by atoms with E-state index in [1.165, 1.54) is 6.07 Å². The maximum Gasteiger partial charge on any atom is 0.416 e. The number of aromatic nitrogens is 2. The van der Waals surface area contributed by atoms with Crippen molar-refractivity contribution in [2.45, 2.75) is 26.2 Å². The molecule has 102 valence electrons. The van der Waals surface area contributed by atoms with Gasteiger partial charge >= 0.3 is 6.18 Å². The molecular weight excluding hydrogens is 255 g/mol. The number of hydrogen-bond acceptors (Lipinski definition) is 2. The van der Waals surface area contributed by atoms with Gasteiger partial charge in [0.2, 0.25) is 0 Å². The minimum atomic E-state index is -4.31. The first-order valence-electron chi connectivity index (χ1n) is 5.91. The average Bonchev–Trinajstić information content (AvgIpc) is 2.84. The van der Waals surface area contributed by atoms with E-state index in [4.69, 9.17) is 0 Å². The van der Waals surface area contributed by atoms with E-state index in [9.17, 15) is 13.2 Å². The highest BCUT2D eigenvalue weighted by atomic mass is 19.4. The second-order valence-electron chi connectivity index (χ2n) is 4.14. The van der Waals surface area contributed by atoms with Gasteiger partial charge in [-0.2, -0.15) is 18.3 Å². The number of rotatable bonds is 4. The van der Waals surface area contributed by atoms with Crippen LogP contribution in [0.5, 0.6) is 0 Å². The van der Waals surface area contributed by atoms with Crippen molar-refractivity contribution in [1.29, 1.82) is 0 Å². The minimum absolute atomic E-state index is 0.444. The van der Waals surface area contributed by atoms with Crippen LogP contribution in [0.4, 0.5) is 18.9 Å². The molecule has 0 spiro atoms. The number of anilines is 1. The smallest absolute Gasteiger partial charge is 0.381 e. The van der Waals surface area contributed by atoms with Gasteiger partial charge in [-0.15, -0.1) is 0 Å². The molecule has 0 amide bonds. The van der Waals surface area contributed by atoms with Crippen molar-refractivity contribution in [3.63, 3.8) is 0 Å². The molecule has 3 nitrogen and oxygen atoms in total. The third kappa shape index (κ3) is 3.49. The molecule has 0 aliphatic rings. The van der Waals surface area contributed by atoms with Crippen LogP contribution in [-0.4, -0.2) is 9.78 Å². The van der Waals surface area contributed by atoms with Crippen molar-refractivity contribution in [2.24, 2.45) is 0 Å². The normalized spacial score (nSPS) is 11.6. The summed E-state index contributed by atoms with van der Waals surface area (Å²) in [4.78, 5) is 0. The fourth-order valence-corrected chi connectivity index (χ4v) is 1.68. The number of hydrogen-bond donors (Lipinski definition) is 1. The number of aryl methyl sites for hydroxylation is 1. The molecule has 0 unspecified atom stereocenters. The van der Waals surface area contributed by atoms with Gasteiger partial charge in [-0.25, -0.2) is 0 Å². The predicted molar refractivity (Wildman–Crippen MR) is 66.7 cm³/mol. The summed E-state index contributed by atoms with van der Waals surface area (Å²) in [7, 11) is 0. The lowest BCUT2D eigenvalue weighted by atomic mass is 10.2. The maximum atomic E-state index is 12.5. The Bertz CT molecular complexity index is 546. The standard InChI is InChI=1S/C13H14F3N3/c1-2-19-9-10(8-18-19)7-17-12-5-3-4-11(6-12)13(14,15)16/h3-6,8-9,17H,2,7H2,1H3. The van der Waals surface area contributed by atoms with Crippen molar-refractivity contribution in [3.05, 3.63) is 47.8 Å². The molecule has 0 atom stereocenters. The second-order valence-corrected chi connectivity index (χ2v) is 4.14. The molecule has 0 saturated carbocycles. The zero-order valence-corrected chi connectivity index (χ0v) is 10.4. The van der Waals surface area contributed by atoms with E-state index < -0.39 is 11.7 Å². The fourth-order valence-electron chi connectivity index (χ4n) is 1.68. The van der Waals surface area contributed by atoms with E-state index >= 15 is 0 Å². The van der Waals surface area contributed by atoms with E-state index in [0.717, 1.165) is 24.2 Å².